The number of carbonyl (C=O) groups excluding carboxylic acids is 4. The van der Waals surface area contributed by atoms with Crippen LogP contribution in [-0.2, 0) is 39.2 Å². The van der Waals surface area contributed by atoms with Gasteiger partial charge in [-0.1, -0.05) is 0 Å². The first-order valence-electron chi connectivity index (χ1n) is 9.14. The van der Waals surface area contributed by atoms with Gasteiger partial charge in [-0.05, 0) is 36.4 Å². The Hall–Kier alpha value is -3.09. The smallest absolute Gasteiger partial charge is 0.744 e. The Balaban J connectivity index is 0.000000682. The van der Waals surface area contributed by atoms with Crippen LogP contribution < -0.4 is 0 Å². The van der Waals surface area contributed by atoms with E-state index in [-0.39, 0.29) is 45.3 Å². The molecule has 0 unspecified atom stereocenters. The summed E-state index contributed by atoms with van der Waals surface area (Å²) in [4.78, 5) is 43.7. The van der Waals surface area contributed by atoms with E-state index in [9.17, 15) is 45.1 Å². The summed E-state index contributed by atoms with van der Waals surface area (Å²) in [6.07, 6.45) is 0. The molecule has 0 aliphatic heterocycles. The van der Waals surface area contributed by atoms with Gasteiger partial charge < -0.3 is 28.1 Å². The van der Waals surface area contributed by atoms with Crippen molar-refractivity contribution in [3.63, 3.8) is 0 Å². The van der Waals surface area contributed by atoms with Gasteiger partial charge in [-0.3, -0.25) is 0 Å². The summed E-state index contributed by atoms with van der Waals surface area (Å²) in [6.45, 7) is 0. The van der Waals surface area contributed by atoms with Crippen LogP contribution in [0.1, 0.15) is 41.4 Å². The molecule has 2 aromatic rings. The molecule has 0 aromatic heterocycles. The van der Waals surface area contributed by atoms with Crippen molar-refractivity contribution < 1.29 is 64.1 Å². The van der Waals surface area contributed by atoms with E-state index in [0.717, 1.165) is 64.8 Å². The molecule has 0 spiro atoms. The van der Waals surface area contributed by atoms with Crippen LogP contribution in [0.5, 0.6) is 0 Å². The Morgan fingerprint density at radius 2 is 0.703 bits per heavy atom. The second kappa shape index (κ2) is 14.0. The Bertz CT molecular complexity index is 1220. The molecular weight excluding hydrogens is 553 g/mol. The third-order valence-corrected chi connectivity index (χ3v) is 5.70. The molecule has 0 bridgehead atoms. The van der Waals surface area contributed by atoms with Crippen molar-refractivity contribution in [2.45, 2.75) is 9.79 Å². The number of carbonyl (C=O) groups is 4. The molecule has 2 aromatic carbocycles. The molecule has 2 rings (SSSR count). The summed E-state index contributed by atoms with van der Waals surface area (Å²) in [7, 11) is -5.27. The van der Waals surface area contributed by atoms with E-state index in [0.29, 0.717) is 0 Å². The number of benzene rings is 2. The molecule has 0 atom stereocenters. The fourth-order valence-electron chi connectivity index (χ4n) is 2.43. The van der Waals surface area contributed by atoms with Crippen molar-refractivity contribution in [2.75, 3.05) is 28.4 Å². The average Bonchev–Trinajstić information content (AvgIpc) is 2.85. The molecule has 37 heavy (non-hydrogen) atoms. The molecule has 0 radical (unpaired) electrons. The van der Waals surface area contributed by atoms with Gasteiger partial charge >= 0.3 is 46.9 Å². The van der Waals surface area contributed by atoms with E-state index in [2.05, 4.69) is 18.9 Å². The van der Waals surface area contributed by atoms with Crippen LogP contribution >= 0.6 is 0 Å². The molecule has 0 aliphatic rings. The summed E-state index contributed by atoms with van der Waals surface area (Å²) < 4.78 is 82.9. The van der Waals surface area contributed by atoms with E-state index >= 15 is 0 Å². The predicted molar refractivity (Wildman–Crippen MR) is 120 cm³/mol. The number of methoxy groups -OCH3 is 4. The molecule has 0 aliphatic carbocycles. The Kier molecular flexibility index (Phi) is 12.8. The van der Waals surface area contributed by atoms with Gasteiger partial charge in [-0.25, -0.2) is 36.0 Å². The van der Waals surface area contributed by atoms with E-state index < -0.39 is 53.9 Å². The number of rotatable bonds is 6. The Labute approximate surface area is 227 Å². The van der Waals surface area contributed by atoms with E-state index in [1.54, 1.807) is 0 Å². The number of ether oxygens (including phenoxy) is 4. The van der Waals surface area contributed by atoms with E-state index in [4.69, 9.17) is 0 Å². The van der Waals surface area contributed by atoms with Gasteiger partial charge in [0.2, 0.25) is 0 Å². The molecule has 0 amide bonds. The van der Waals surface area contributed by atoms with Crippen LogP contribution in [0.3, 0.4) is 0 Å². The Morgan fingerprint density at radius 1 is 0.514 bits per heavy atom. The molecule has 14 nitrogen and oxygen atoms in total. The maximum atomic E-state index is 11.3. The third-order valence-electron chi connectivity index (χ3n) is 4.07. The topological polar surface area (TPSA) is 220 Å². The van der Waals surface area contributed by atoms with Crippen molar-refractivity contribution in [3.8, 4) is 0 Å². The van der Waals surface area contributed by atoms with E-state index in [1.807, 2.05) is 0 Å². The minimum absolute atomic E-state index is 0. The fraction of sp³-hybridized carbons (Fsp3) is 0.200. The first kappa shape index (κ1) is 33.9. The van der Waals surface area contributed by atoms with Gasteiger partial charge in [-0.15, -0.1) is 0 Å². The minimum atomic E-state index is -4.80. The molecule has 0 saturated carbocycles. The largest absolute Gasteiger partial charge is 2.00 e. The van der Waals surface area contributed by atoms with Crippen LogP contribution in [0.4, 0.5) is 0 Å². The van der Waals surface area contributed by atoms with E-state index in [1.165, 1.54) is 0 Å². The van der Waals surface area contributed by atoms with Crippen LogP contribution in [0.2, 0.25) is 0 Å². The molecule has 0 heterocycles. The van der Waals surface area contributed by atoms with Crippen molar-refractivity contribution in [1.82, 2.24) is 0 Å². The zero-order valence-corrected chi connectivity index (χ0v) is 22.8. The standard InChI is InChI=1S/2C10H10O7S.Mg/c2*1-16-9(11)6-3-7(10(12)17-2)5-8(4-6)18(13,14)15;/h2*3-5H,1-2H3,(H,13,14,15);/q;;+2/p-2. The predicted octanol–water partition coefficient (Wildman–Crippen LogP) is -0.0530. The molecule has 0 saturated heterocycles. The second-order valence-electron chi connectivity index (χ2n) is 6.37. The number of esters is 4. The van der Waals surface area contributed by atoms with Crippen molar-refractivity contribution in [3.05, 3.63) is 58.7 Å². The number of hydrogen-bond acceptors (Lipinski definition) is 14. The molecule has 0 N–H and O–H groups in total. The van der Waals surface area contributed by atoms with Crippen LogP contribution in [0.15, 0.2) is 46.2 Å². The first-order chi connectivity index (χ1) is 16.6. The van der Waals surface area contributed by atoms with Gasteiger partial charge in [0.25, 0.3) is 0 Å². The zero-order valence-electron chi connectivity index (χ0n) is 19.7. The van der Waals surface area contributed by atoms with Gasteiger partial charge in [0.1, 0.15) is 20.2 Å². The SMILES string of the molecule is COC(=O)c1cc(C(=O)OC)cc(S(=O)(=O)[O-])c1.COC(=O)c1cc(C(=O)OC)cc(S(=O)(=O)[O-])c1.[Mg+2]. The maximum absolute atomic E-state index is 11.3. The quantitative estimate of drug-likeness (QED) is 0.192. The summed E-state index contributed by atoms with van der Waals surface area (Å²) in [5.41, 5.74) is -0.908. The summed E-state index contributed by atoms with van der Waals surface area (Å²) in [6, 6.07) is 5.49. The first-order valence-corrected chi connectivity index (χ1v) is 12.0. The summed E-state index contributed by atoms with van der Waals surface area (Å²) in [5.74, 6) is -3.48. The number of hydrogen-bond donors (Lipinski definition) is 0. The fourth-order valence-corrected chi connectivity index (χ4v) is 3.51. The molecule has 0 fully saturated rings. The van der Waals surface area contributed by atoms with Crippen molar-refractivity contribution >= 4 is 67.2 Å². The van der Waals surface area contributed by atoms with Gasteiger partial charge in [0, 0.05) is 0 Å². The average molecular weight is 571 g/mol. The van der Waals surface area contributed by atoms with Crippen LogP contribution in [0, 0.1) is 0 Å². The zero-order chi connectivity index (χ0) is 27.8. The Morgan fingerprint density at radius 3 is 0.838 bits per heavy atom. The maximum Gasteiger partial charge on any atom is 2.00 e. The van der Waals surface area contributed by atoms with Crippen LogP contribution in [-0.4, -0.2) is 101 Å². The van der Waals surface area contributed by atoms with Crippen molar-refractivity contribution in [1.29, 1.82) is 0 Å². The second-order valence-corrected chi connectivity index (χ2v) is 9.13. The minimum Gasteiger partial charge on any atom is -0.744 e. The molecular formula is C20H18MgO14S2. The molecule has 196 valence electrons. The van der Waals surface area contributed by atoms with Gasteiger partial charge in [0.15, 0.2) is 0 Å². The van der Waals surface area contributed by atoms with Gasteiger partial charge in [-0.2, -0.15) is 0 Å². The monoisotopic (exact) mass is 570 g/mol. The summed E-state index contributed by atoms with van der Waals surface area (Å²) >= 11 is 0. The summed E-state index contributed by atoms with van der Waals surface area (Å²) in [5, 5.41) is 0. The normalized spacial score (nSPS) is 10.5. The third kappa shape index (κ3) is 9.71. The van der Waals surface area contributed by atoms with Crippen molar-refractivity contribution in [2.24, 2.45) is 0 Å². The van der Waals surface area contributed by atoms with Crippen LogP contribution in [0.25, 0.3) is 0 Å². The van der Waals surface area contributed by atoms with Gasteiger partial charge in [0.05, 0.1) is 60.5 Å². The molecule has 17 heteroatoms.